The Morgan fingerprint density at radius 3 is 2.31 bits per heavy atom. The molecule has 1 aromatic heterocycles. The second-order valence-corrected chi connectivity index (χ2v) is 10.3. The molecule has 39 heavy (non-hydrogen) atoms. The second kappa shape index (κ2) is 11.0. The number of esters is 1. The summed E-state index contributed by atoms with van der Waals surface area (Å²) in [5, 5.41) is 2.53. The van der Waals surface area contributed by atoms with Gasteiger partial charge in [0.25, 0.3) is 21.5 Å². The van der Waals surface area contributed by atoms with Crippen molar-refractivity contribution in [2.75, 3.05) is 10.0 Å². The predicted octanol–water partition coefficient (Wildman–Crippen LogP) is 3.61. The van der Waals surface area contributed by atoms with Crippen LogP contribution in [0.15, 0.2) is 88.6 Å². The Bertz CT molecular complexity index is 1700. The number of amides is 1. The van der Waals surface area contributed by atoms with Crippen LogP contribution in [0.3, 0.4) is 0 Å². The van der Waals surface area contributed by atoms with E-state index >= 15 is 0 Å². The lowest BCUT2D eigenvalue weighted by molar-refractivity contribution is -0.123. The molecule has 12 heteroatoms. The van der Waals surface area contributed by atoms with Gasteiger partial charge in [-0.1, -0.05) is 24.3 Å². The molecule has 1 atom stereocenters. The van der Waals surface area contributed by atoms with Crippen molar-refractivity contribution < 1.29 is 27.1 Å². The van der Waals surface area contributed by atoms with Crippen molar-refractivity contribution >= 4 is 33.3 Å². The number of benzene rings is 3. The molecule has 0 fully saturated rings. The molecule has 1 amide bonds. The Balaban J connectivity index is 1.47. The van der Waals surface area contributed by atoms with E-state index in [4.69, 9.17) is 4.74 Å². The van der Waals surface area contributed by atoms with Gasteiger partial charge in [0.05, 0.1) is 21.8 Å². The van der Waals surface area contributed by atoms with Gasteiger partial charge < -0.3 is 10.1 Å². The molecule has 0 aliphatic heterocycles. The van der Waals surface area contributed by atoms with Gasteiger partial charge in [0.15, 0.2) is 6.10 Å². The summed E-state index contributed by atoms with van der Waals surface area (Å²) in [6.45, 7) is 3.00. The molecule has 0 unspecified atom stereocenters. The molecule has 4 aromatic rings. The molecule has 1 heterocycles. The standard InChI is InChI=1S/C27H25FN4O6S/c1-17-24(26(34)32(31(17)3)22-9-5-4-6-10-22)29-25(33)18(2)38-27(35)19-8-7-11-23(16-19)39(36,37)30-21-14-12-20(28)13-15-21/h4-16,18,30H,1-3H3,(H,29,33)/t18-/m1/s1. The van der Waals surface area contributed by atoms with E-state index in [0.29, 0.717) is 11.4 Å². The fourth-order valence-electron chi connectivity index (χ4n) is 3.74. The van der Waals surface area contributed by atoms with E-state index in [1.165, 1.54) is 41.9 Å². The minimum absolute atomic E-state index is 0.0363. The monoisotopic (exact) mass is 552 g/mol. The van der Waals surface area contributed by atoms with Crippen molar-refractivity contribution in [3.05, 3.63) is 106 Å². The molecule has 0 bridgehead atoms. The number of nitrogens with zero attached hydrogens (tertiary/aromatic N) is 2. The number of sulfonamides is 1. The summed E-state index contributed by atoms with van der Waals surface area (Å²) in [5.74, 6) is -2.20. The molecule has 0 saturated carbocycles. The summed E-state index contributed by atoms with van der Waals surface area (Å²) < 4.78 is 49.1. The van der Waals surface area contributed by atoms with Gasteiger partial charge in [-0.25, -0.2) is 22.3 Å². The minimum Gasteiger partial charge on any atom is -0.449 e. The van der Waals surface area contributed by atoms with Crippen LogP contribution in [0.5, 0.6) is 0 Å². The average molecular weight is 553 g/mol. The fraction of sp³-hybridized carbons (Fsp3) is 0.148. The topological polar surface area (TPSA) is 128 Å². The number of carbonyl (C=O) groups excluding carboxylic acids is 2. The lowest BCUT2D eigenvalue weighted by atomic mass is 10.2. The van der Waals surface area contributed by atoms with E-state index in [1.54, 1.807) is 42.9 Å². The summed E-state index contributed by atoms with van der Waals surface area (Å²) >= 11 is 0. The normalized spacial score (nSPS) is 12.0. The Morgan fingerprint density at radius 2 is 1.64 bits per heavy atom. The lowest BCUT2D eigenvalue weighted by Gasteiger charge is -2.14. The van der Waals surface area contributed by atoms with E-state index < -0.39 is 39.4 Å². The molecule has 10 nitrogen and oxygen atoms in total. The number of halogens is 1. The fourth-order valence-corrected chi connectivity index (χ4v) is 4.85. The highest BCUT2D eigenvalue weighted by atomic mass is 32.2. The number of carbonyl (C=O) groups is 2. The van der Waals surface area contributed by atoms with Gasteiger partial charge in [-0.3, -0.25) is 19.0 Å². The first-order valence-electron chi connectivity index (χ1n) is 11.7. The van der Waals surface area contributed by atoms with Gasteiger partial charge in [0, 0.05) is 12.7 Å². The highest BCUT2D eigenvalue weighted by Gasteiger charge is 2.24. The van der Waals surface area contributed by atoms with E-state index in [1.807, 2.05) is 6.07 Å². The third kappa shape index (κ3) is 5.91. The van der Waals surface area contributed by atoms with Crippen LogP contribution >= 0.6 is 0 Å². The summed E-state index contributed by atoms with van der Waals surface area (Å²) in [4.78, 5) is 38.3. The number of rotatable bonds is 8. The minimum atomic E-state index is -4.10. The quantitative estimate of drug-likeness (QED) is 0.322. The highest BCUT2D eigenvalue weighted by Crippen LogP contribution is 2.19. The van der Waals surface area contributed by atoms with Crippen LogP contribution in [0.4, 0.5) is 15.8 Å². The number of ether oxygens (including phenoxy) is 1. The van der Waals surface area contributed by atoms with E-state index in [-0.39, 0.29) is 21.8 Å². The summed E-state index contributed by atoms with van der Waals surface area (Å²) in [6.07, 6.45) is -1.31. The largest absolute Gasteiger partial charge is 0.449 e. The molecule has 3 aromatic carbocycles. The van der Waals surface area contributed by atoms with Crippen LogP contribution in [0, 0.1) is 12.7 Å². The van der Waals surface area contributed by atoms with Crippen molar-refractivity contribution in [2.24, 2.45) is 7.05 Å². The molecule has 0 aliphatic carbocycles. The highest BCUT2D eigenvalue weighted by molar-refractivity contribution is 7.92. The SMILES string of the molecule is Cc1c(NC(=O)[C@@H](C)OC(=O)c2cccc(S(=O)(=O)Nc3ccc(F)cc3)c2)c(=O)n(-c2ccccc2)n1C. The molecular formula is C27H25FN4O6S. The first-order valence-corrected chi connectivity index (χ1v) is 13.2. The number of hydrogen-bond donors (Lipinski definition) is 2. The van der Waals surface area contributed by atoms with Crippen molar-refractivity contribution in [2.45, 2.75) is 24.8 Å². The van der Waals surface area contributed by atoms with Crippen LogP contribution < -0.4 is 15.6 Å². The van der Waals surface area contributed by atoms with Gasteiger partial charge in [0.2, 0.25) is 0 Å². The third-order valence-corrected chi connectivity index (χ3v) is 7.31. The van der Waals surface area contributed by atoms with Crippen LogP contribution in [-0.4, -0.2) is 35.8 Å². The van der Waals surface area contributed by atoms with Crippen molar-refractivity contribution in [3.63, 3.8) is 0 Å². The molecule has 0 radical (unpaired) electrons. The van der Waals surface area contributed by atoms with Crippen molar-refractivity contribution in [1.29, 1.82) is 0 Å². The Labute approximate surface area is 223 Å². The molecule has 202 valence electrons. The van der Waals surface area contributed by atoms with Gasteiger partial charge >= 0.3 is 5.97 Å². The average Bonchev–Trinajstić information content (AvgIpc) is 3.13. The first kappa shape index (κ1) is 27.3. The van der Waals surface area contributed by atoms with Gasteiger partial charge in [0.1, 0.15) is 11.5 Å². The van der Waals surface area contributed by atoms with E-state index in [9.17, 15) is 27.2 Å². The maximum Gasteiger partial charge on any atom is 0.338 e. The third-order valence-electron chi connectivity index (χ3n) is 5.93. The second-order valence-electron chi connectivity index (χ2n) is 8.61. The van der Waals surface area contributed by atoms with E-state index in [0.717, 1.165) is 18.2 Å². The number of para-hydroxylation sites is 1. The van der Waals surface area contributed by atoms with Gasteiger partial charge in [-0.15, -0.1) is 0 Å². The molecule has 0 spiro atoms. The maximum absolute atomic E-state index is 13.1. The molecular weight excluding hydrogens is 527 g/mol. The zero-order valence-corrected chi connectivity index (χ0v) is 22.0. The van der Waals surface area contributed by atoms with Crippen LogP contribution in [0.2, 0.25) is 0 Å². The van der Waals surface area contributed by atoms with Crippen LogP contribution in [0.1, 0.15) is 23.0 Å². The van der Waals surface area contributed by atoms with Crippen LogP contribution in [-0.2, 0) is 26.6 Å². The summed E-state index contributed by atoms with van der Waals surface area (Å²) in [5.41, 5.74) is 0.698. The maximum atomic E-state index is 13.1. The zero-order chi connectivity index (χ0) is 28.3. The number of aromatic nitrogens is 2. The number of nitrogens with one attached hydrogen (secondary N) is 2. The first-order chi connectivity index (χ1) is 18.5. The molecule has 2 N–H and O–H groups in total. The number of anilines is 2. The lowest BCUT2D eigenvalue weighted by Crippen LogP contribution is -2.32. The molecule has 0 saturated heterocycles. The van der Waals surface area contributed by atoms with Gasteiger partial charge in [-0.2, -0.15) is 0 Å². The molecule has 4 rings (SSSR count). The number of hydrogen-bond acceptors (Lipinski definition) is 6. The van der Waals surface area contributed by atoms with E-state index in [2.05, 4.69) is 10.0 Å². The Hall–Kier alpha value is -4.71. The summed E-state index contributed by atoms with van der Waals surface area (Å²) in [7, 11) is -2.43. The Kier molecular flexibility index (Phi) is 7.68. The van der Waals surface area contributed by atoms with Crippen molar-refractivity contribution in [1.82, 2.24) is 9.36 Å². The van der Waals surface area contributed by atoms with Gasteiger partial charge in [-0.05, 0) is 68.4 Å². The smallest absolute Gasteiger partial charge is 0.338 e. The predicted molar refractivity (Wildman–Crippen MR) is 143 cm³/mol. The molecule has 0 aliphatic rings. The zero-order valence-electron chi connectivity index (χ0n) is 21.2. The summed E-state index contributed by atoms with van der Waals surface area (Å²) in [6, 6.07) is 18.7. The van der Waals surface area contributed by atoms with Crippen LogP contribution in [0.25, 0.3) is 5.69 Å². The van der Waals surface area contributed by atoms with Crippen molar-refractivity contribution in [3.8, 4) is 5.69 Å². The Morgan fingerprint density at radius 1 is 0.974 bits per heavy atom.